The number of hydrogen-bond donors (Lipinski definition) is 2. The Hall–Kier alpha value is -2.99. The van der Waals surface area contributed by atoms with E-state index in [9.17, 15) is 9.90 Å². The Labute approximate surface area is 151 Å². The van der Waals surface area contributed by atoms with Crippen molar-refractivity contribution in [1.82, 2.24) is 15.5 Å². The Morgan fingerprint density at radius 2 is 1.88 bits per heavy atom. The van der Waals surface area contributed by atoms with E-state index in [2.05, 4.69) is 15.5 Å². The Morgan fingerprint density at radius 3 is 2.50 bits per heavy atom. The average Bonchev–Trinajstić information content (AvgIpc) is 3.22. The van der Waals surface area contributed by atoms with E-state index in [1.165, 1.54) is 6.39 Å². The second-order valence-corrected chi connectivity index (χ2v) is 6.06. The first-order chi connectivity index (χ1) is 12.7. The minimum absolute atomic E-state index is 0.224. The van der Waals surface area contributed by atoms with Crippen LogP contribution in [0.5, 0.6) is 0 Å². The molecule has 0 saturated carbocycles. The van der Waals surface area contributed by atoms with Crippen molar-refractivity contribution in [3.8, 4) is 11.4 Å². The Balaban J connectivity index is 1.71. The van der Waals surface area contributed by atoms with Crippen LogP contribution < -0.4 is 5.32 Å². The van der Waals surface area contributed by atoms with Gasteiger partial charge in [0.15, 0.2) is 0 Å². The number of aromatic nitrogens is 2. The molecule has 0 aliphatic carbocycles. The van der Waals surface area contributed by atoms with Crippen molar-refractivity contribution in [2.45, 2.75) is 31.9 Å². The molecule has 1 amide bonds. The molecule has 2 atom stereocenters. The molecule has 6 heteroatoms. The van der Waals surface area contributed by atoms with Gasteiger partial charge in [0.25, 0.3) is 5.91 Å². The molecule has 0 saturated heterocycles. The van der Waals surface area contributed by atoms with E-state index >= 15 is 0 Å². The van der Waals surface area contributed by atoms with Crippen LogP contribution in [0, 0.1) is 0 Å². The van der Waals surface area contributed by atoms with E-state index in [0.717, 1.165) is 17.5 Å². The summed E-state index contributed by atoms with van der Waals surface area (Å²) in [6.45, 7) is 2.02. The number of benzene rings is 2. The van der Waals surface area contributed by atoms with E-state index in [0.29, 0.717) is 17.8 Å². The largest absolute Gasteiger partial charge is 0.386 e. The molecule has 6 nitrogen and oxygen atoms in total. The average molecular weight is 351 g/mol. The molecule has 134 valence electrons. The molecule has 2 aromatic carbocycles. The van der Waals surface area contributed by atoms with Gasteiger partial charge >= 0.3 is 0 Å². The summed E-state index contributed by atoms with van der Waals surface area (Å²) in [5, 5.41) is 17.4. The van der Waals surface area contributed by atoms with Gasteiger partial charge in [0.05, 0.1) is 12.1 Å². The maximum atomic E-state index is 12.6. The van der Waals surface area contributed by atoms with E-state index in [1.807, 2.05) is 37.3 Å². The molecule has 1 aromatic heterocycles. The molecule has 3 rings (SSSR count). The van der Waals surface area contributed by atoms with Gasteiger partial charge in [0.2, 0.25) is 12.2 Å². The van der Waals surface area contributed by atoms with E-state index in [-0.39, 0.29) is 11.9 Å². The quantitative estimate of drug-likeness (QED) is 0.681. The molecule has 0 radical (unpaired) electrons. The number of aliphatic hydroxyl groups excluding tert-OH is 1. The van der Waals surface area contributed by atoms with Crippen molar-refractivity contribution < 1.29 is 14.4 Å². The van der Waals surface area contributed by atoms with E-state index < -0.39 is 6.10 Å². The van der Waals surface area contributed by atoms with Crippen molar-refractivity contribution in [2.24, 2.45) is 0 Å². The standard InChI is InChI=1S/C20H21N3O3/c1-2-6-17(18(24)14-7-4-3-5-8-14)22-20(25)16-11-9-15(10-12-16)19-21-13-26-23-19/h3-5,7-13,17-18,24H,2,6H2,1H3,(H,22,25). The lowest BCUT2D eigenvalue weighted by molar-refractivity contribution is 0.0820. The number of hydrogen-bond acceptors (Lipinski definition) is 5. The molecule has 0 bridgehead atoms. The van der Waals surface area contributed by atoms with Crippen LogP contribution in [-0.2, 0) is 0 Å². The van der Waals surface area contributed by atoms with Gasteiger partial charge in [-0.15, -0.1) is 0 Å². The fourth-order valence-electron chi connectivity index (χ4n) is 2.82. The molecule has 2 N–H and O–H groups in total. The molecular formula is C20H21N3O3. The third kappa shape index (κ3) is 4.15. The van der Waals surface area contributed by atoms with Gasteiger partial charge in [-0.3, -0.25) is 4.79 Å². The summed E-state index contributed by atoms with van der Waals surface area (Å²) >= 11 is 0. The molecule has 3 aromatic rings. The highest BCUT2D eigenvalue weighted by atomic mass is 16.5. The van der Waals surface area contributed by atoms with Crippen LogP contribution in [0.25, 0.3) is 11.4 Å². The van der Waals surface area contributed by atoms with Gasteiger partial charge < -0.3 is 14.9 Å². The maximum absolute atomic E-state index is 12.6. The minimum atomic E-state index is -0.751. The van der Waals surface area contributed by atoms with Gasteiger partial charge in [0.1, 0.15) is 0 Å². The number of rotatable bonds is 7. The zero-order valence-electron chi connectivity index (χ0n) is 14.5. The molecule has 0 aliphatic heterocycles. The van der Waals surface area contributed by atoms with Gasteiger partial charge in [-0.05, 0) is 24.1 Å². The van der Waals surface area contributed by atoms with Crippen LogP contribution in [0.15, 0.2) is 65.5 Å². The SMILES string of the molecule is CCCC(NC(=O)c1ccc(-c2ncon2)cc1)C(O)c1ccccc1. The highest BCUT2D eigenvalue weighted by Gasteiger charge is 2.22. The summed E-state index contributed by atoms with van der Waals surface area (Å²) in [7, 11) is 0. The Morgan fingerprint density at radius 1 is 1.15 bits per heavy atom. The van der Waals surface area contributed by atoms with Crippen molar-refractivity contribution in [3.63, 3.8) is 0 Å². The highest BCUT2D eigenvalue weighted by Crippen LogP contribution is 2.21. The molecule has 0 aliphatic rings. The van der Waals surface area contributed by atoms with Crippen LogP contribution in [-0.4, -0.2) is 27.2 Å². The minimum Gasteiger partial charge on any atom is -0.386 e. The Kier molecular flexibility index (Phi) is 5.76. The lowest BCUT2D eigenvalue weighted by atomic mass is 9.98. The maximum Gasteiger partial charge on any atom is 0.251 e. The smallest absolute Gasteiger partial charge is 0.251 e. The summed E-state index contributed by atoms with van der Waals surface area (Å²) in [4.78, 5) is 16.6. The number of nitrogens with one attached hydrogen (secondary N) is 1. The fraction of sp³-hybridized carbons (Fsp3) is 0.250. The molecule has 0 fully saturated rings. The van der Waals surface area contributed by atoms with Crippen molar-refractivity contribution in [3.05, 3.63) is 72.1 Å². The van der Waals surface area contributed by atoms with Crippen LogP contribution in [0.2, 0.25) is 0 Å². The van der Waals surface area contributed by atoms with Gasteiger partial charge in [-0.1, -0.05) is 61.0 Å². The number of carbonyl (C=O) groups excluding carboxylic acids is 1. The van der Waals surface area contributed by atoms with Crippen LogP contribution in [0.3, 0.4) is 0 Å². The molecular weight excluding hydrogens is 330 g/mol. The van der Waals surface area contributed by atoms with Crippen molar-refractivity contribution >= 4 is 5.91 Å². The number of carbonyl (C=O) groups is 1. The second kappa shape index (κ2) is 8.40. The zero-order chi connectivity index (χ0) is 18.4. The molecule has 2 unspecified atom stereocenters. The predicted molar refractivity (Wildman–Crippen MR) is 97.3 cm³/mol. The lowest BCUT2D eigenvalue weighted by Gasteiger charge is -2.24. The molecule has 26 heavy (non-hydrogen) atoms. The number of amides is 1. The first-order valence-electron chi connectivity index (χ1n) is 8.59. The van der Waals surface area contributed by atoms with Crippen molar-refractivity contribution in [2.75, 3.05) is 0 Å². The third-order valence-electron chi connectivity index (χ3n) is 4.20. The van der Waals surface area contributed by atoms with Crippen LogP contribution >= 0.6 is 0 Å². The summed E-state index contributed by atoms with van der Waals surface area (Å²) in [6.07, 6.45) is 2.05. The lowest BCUT2D eigenvalue weighted by Crippen LogP contribution is -2.39. The van der Waals surface area contributed by atoms with Crippen LogP contribution in [0.4, 0.5) is 0 Å². The second-order valence-electron chi connectivity index (χ2n) is 6.06. The highest BCUT2D eigenvalue weighted by molar-refractivity contribution is 5.94. The van der Waals surface area contributed by atoms with E-state index in [1.54, 1.807) is 24.3 Å². The number of nitrogens with zero attached hydrogens (tertiary/aromatic N) is 2. The summed E-state index contributed by atoms with van der Waals surface area (Å²) in [6, 6.07) is 16.0. The van der Waals surface area contributed by atoms with E-state index in [4.69, 9.17) is 4.52 Å². The first-order valence-corrected chi connectivity index (χ1v) is 8.59. The van der Waals surface area contributed by atoms with Crippen LogP contribution in [0.1, 0.15) is 41.8 Å². The summed E-state index contributed by atoms with van der Waals surface area (Å²) in [5.74, 6) is 0.249. The first kappa shape index (κ1) is 17.8. The third-order valence-corrected chi connectivity index (χ3v) is 4.20. The number of aliphatic hydroxyl groups is 1. The van der Waals surface area contributed by atoms with Gasteiger partial charge in [-0.25, -0.2) is 0 Å². The predicted octanol–water partition coefficient (Wildman–Crippen LogP) is 3.37. The topological polar surface area (TPSA) is 88.3 Å². The monoisotopic (exact) mass is 351 g/mol. The van der Waals surface area contributed by atoms with Gasteiger partial charge in [0, 0.05) is 11.1 Å². The van der Waals surface area contributed by atoms with Crippen molar-refractivity contribution in [1.29, 1.82) is 0 Å². The molecule has 1 heterocycles. The van der Waals surface area contributed by atoms with Gasteiger partial charge in [-0.2, -0.15) is 4.98 Å². The summed E-state index contributed by atoms with van der Waals surface area (Å²) in [5.41, 5.74) is 2.07. The Bertz CT molecular complexity index is 817. The fourth-order valence-corrected chi connectivity index (χ4v) is 2.82. The molecule has 0 spiro atoms. The zero-order valence-corrected chi connectivity index (χ0v) is 14.5. The normalized spacial score (nSPS) is 13.2. The summed E-state index contributed by atoms with van der Waals surface area (Å²) < 4.78 is 4.73.